The van der Waals surface area contributed by atoms with E-state index in [1.165, 1.54) is 45.0 Å². The third-order valence-corrected chi connectivity index (χ3v) is 6.37. The number of halogens is 9. The van der Waals surface area contributed by atoms with Crippen molar-refractivity contribution in [3.05, 3.63) is 40.6 Å². The molecule has 0 saturated carbocycles. The number of aliphatic hydroxyl groups is 1. The zero-order valence-electron chi connectivity index (χ0n) is 16.8. The summed E-state index contributed by atoms with van der Waals surface area (Å²) in [5.74, 6) is -22.1. The summed E-state index contributed by atoms with van der Waals surface area (Å²) in [7, 11) is 0. The summed E-state index contributed by atoms with van der Waals surface area (Å²) >= 11 is -1.37. The van der Waals surface area contributed by atoms with Gasteiger partial charge in [0.25, 0.3) is 0 Å². The predicted octanol–water partition coefficient (Wildman–Crippen LogP) is 5.14. The second-order valence-electron chi connectivity index (χ2n) is 7.53. The van der Waals surface area contributed by atoms with Gasteiger partial charge < -0.3 is 0 Å². The molecule has 0 fully saturated rings. The van der Waals surface area contributed by atoms with Crippen molar-refractivity contribution >= 4 is 19.4 Å². The summed E-state index contributed by atoms with van der Waals surface area (Å²) in [6.07, 6.45) is -8.86. The summed E-state index contributed by atoms with van der Waals surface area (Å²) < 4.78 is 126. The second kappa shape index (κ2) is 9.23. The van der Waals surface area contributed by atoms with Gasteiger partial charge in [-0.25, -0.2) is 0 Å². The summed E-state index contributed by atoms with van der Waals surface area (Å²) in [5.41, 5.74) is -1.26. The fourth-order valence-corrected chi connectivity index (χ4v) is 4.92. The standard InChI is InChI=1S/C19H21F9O2Se/c1-5-30-14(16(20,21)17(22,23)18(24,25)19(26,27)28)12(13(29)15(2,3)4)31-11-9-7-6-8-10-11/h6-10,13,29H,5H2,1-4H3/b14-12+. The number of hydrogen-bond acceptors (Lipinski definition) is 2. The third kappa shape index (κ3) is 5.51. The SMILES string of the molecule is CCO/C(=C(/[Se]c1ccccc1)C(O)C(C)(C)C)C(F)(F)C(F)(F)C(F)(F)C(F)(F)F. The minimum atomic E-state index is -7.07. The molecule has 31 heavy (non-hydrogen) atoms. The van der Waals surface area contributed by atoms with Crippen LogP contribution in [0.2, 0.25) is 0 Å². The zero-order valence-corrected chi connectivity index (χ0v) is 18.5. The number of benzene rings is 1. The fraction of sp³-hybridized carbons (Fsp3) is 0.579. The quantitative estimate of drug-likeness (QED) is 0.286. The summed E-state index contributed by atoms with van der Waals surface area (Å²) in [5, 5.41) is 10.6. The molecule has 178 valence electrons. The van der Waals surface area contributed by atoms with Gasteiger partial charge in [0.2, 0.25) is 0 Å². The van der Waals surface area contributed by atoms with Crippen LogP contribution in [0.4, 0.5) is 39.5 Å². The van der Waals surface area contributed by atoms with Gasteiger partial charge >= 0.3 is 179 Å². The van der Waals surface area contributed by atoms with Crippen molar-refractivity contribution in [3.8, 4) is 0 Å². The molecule has 2 nitrogen and oxygen atoms in total. The van der Waals surface area contributed by atoms with E-state index >= 15 is 0 Å². The van der Waals surface area contributed by atoms with Crippen LogP contribution in [-0.2, 0) is 4.74 Å². The molecule has 12 heteroatoms. The van der Waals surface area contributed by atoms with E-state index in [2.05, 4.69) is 4.74 Å². The Morgan fingerprint density at radius 1 is 0.903 bits per heavy atom. The fourth-order valence-electron chi connectivity index (χ4n) is 2.21. The molecule has 0 spiro atoms. The van der Waals surface area contributed by atoms with Crippen LogP contribution in [0, 0.1) is 5.41 Å². The molecule has 0 aliphatic carbocycles. The number of aliphatic hydroxyl groups excluding tert-OH is 1. The van der Waals surface area contributed by atoms with E-state index in [1.807, 2.05) is 0 Å². The Hall–Kier alpha value is -1.39. The van der Waals surface area contributed by atoms with Crippen molar-refractivity contribution in [1.82, 2.24) is 0 Å². The molecule has 0 heterocycles. The Morgan fingerprint density at radius 2 is 1.39 bits per heavy atom. The van der Waals surface area contributed by atoms with Crippen LogP contribution in [0.25, 0.3) is 0 Å². The Morgan fingerprint density at radius 3 is 1.77 bits per heavy atom. The normalized spacial score (nSPS) is 16.1. The monoisotopic (exact) mass is 532 g/mol. The van der Waals surface area contributed by atoms with Crippen LogP contribution in [0.1, 0.15) is 27.7 Å². The number of allylic oxidation sites excluding steroid dienone is 1. The van der Waals surface area contributed by atoms with Crippen LogP contribution in [0.3, 0.4) is 0 Å². The van der Waals surface area contributed by atoms with E-state index in [9.17, 15) is 44.6 Å². The average molecular weight is 531 g/mol. The topological polar surface area (TPSA) is 29.5 Å². The van der Waals surface area contributed by atoms with Crippen molar-refractivity contribution in [2.75, 3.05) is 6.61 Å². The first-order valence-electron chi connectivity index (χ1n) is 8.81. The first-order valence-corrected chi connectivity index (χ1v) is 10.5. The van der Waals surface area contributed by atoms with Gasteiger partial charge in [-0.3, -0.25) is 0 Å². The molecule has 0 amide bonds. The molecule has 0 radical (unpaired) electrons. The van der Waals surface area contributed by atoms with E-state index in [0.717, 1.165) is 6.92 Å². The molecule has 1 aromatic carbocycles. The van der Waals surface area contributed by atoms with Crippen molar-refractivity contribution in [2.24, 2.45) is 5.41 Å². The van der Waals surface area contributed by atoms with Crippen molar-refractivity contribution < 1.29 is 49.4 Å². The van der Waals surface area contributed by atoms with Gasteiger partial charge in [-0.05, 0) is 0 Å². The molecule has 0 saturated heterocycles. The van der Waals surface area contributed by atoms with E-state index in [0.29, 0.717) is 0 Å². The van der Waals surface area contributed by atoms with Gasteiger partial charge in [0, 0.05) is 0 Å². The summed E-state index contributed by atoms with van der Waals surface area (Å²) in [6, 6.07) is 7.31. The van der Waals surface area contributed by atoms with Crippen LogP contribution in [0.15, 0.2) is 40.6 Å². The van der Waals surface area contributed by atoms with Crippen LogP contribution < -0.4 is 4.46 Å². The van der Waals surface area contributed by atoms with Crippen molar-refractivity contribution in [1.29, 1.82) is 0 Å². The zero-order chi connectivity index (χ0) is 24.5. The number of alkyl halides is 9. The first-order chi connectivity index (χ1) is 13.8. The number of ether oxygens (including phenoxy) is 1. The number of hydrogen-bond donors (Lipinski definition) is 1. The molecular weight excluding hydrogens is 510 g/mol. The Labute approximate surface area is 179 Å². The molecule has 1 N–H and O–H groups in total. The van der Waals surface area contributed by atoms with E-state index < -0.39 is 67.3 Å². The van der Waals surface area contributed by atoms with Gasteiger partial charge in [-0.15, -0.1) is 0 Å². The summed E-state index contributed by atoms with van der Waals surface area (Å²) in [6.45, 7) is 4.37. The Bertz CT molecular complexity index is 769. The van der Waals surface area contributed by atoms with Crippen molar-refractivity contribution in [2.45, 2.75) is 57.7 Å². The molecule has 0 aromatic heterocycles. The van der Waals surface area contributed by atoms with Crippen LogP contribution in [0.5, 0.6) is 0 Å². The van der Waals surface area contributed by atoms with E-state index in [1.54, 1.807) is 6.07 Å². The third-order valence-electron chi connectivity index (χ3n) is 3.98. The second-order valence-corrected chi connectivity index (χ2v) is 9.87. The van der Waals surface area contributed by atoms with E-state index in [-0.39, 0.29) is 4.46 Å². The van der Waals surface area contributed by atoms with Gasteiger partial charge in [0.05, 0.1) is 0 Å². The Balaban J connectivity index is 3.84. The van der Waals surface area contributed by atoms with Gasteiger partial charge in [0.1, 0.15) is 0 Å². The molecule has 1 atom stereocenters. The van der Waals surface area contributed by atoms with E-state index in [4.69, 9.17) is 0 Å². The minimum absolute atomic E-state index is 0.271. The number of rotatable bonds is 8. The average Bonchev–Trinajstić information content (AvgIpc) is 2.62. The molecule has 1 aromatic rings. The van der Waals surface area contributed by atoms with Crippen molar-refractivity contribution in [3.63, 3.8) is 0 Å². The molecule has 0 bridgehead atoms. The molecular formula is C19H21F9O2Se. The van der Waals surface area contributed by atoms with Gasteiger partial charge in [0.15, 0.2) is 0 Å². The van der Waals surface area contributed by atoms with Crippen LogP contribution >= 0.6 is 0 Å². The predicted molar refractivity (Wildman–Crippen MR) is 96.8 cm³/mol. The maximum atomic E-state index is 14.8. The summed E-state index contributed by atoms with van der Waals surface area (Å²) in [4.78, 5) is 0. The Kier molecular flexibility index (Phi) is 8.23. The van der Waals surface area contributed by atoms with Gasteiger partial charge in [-0.1, -0.05) is 0 Å². The first kappa shape index (κ1) is 27.6. The molecule has 1 rings (SSSR count). The molecule has 0 aliphatic rings. The van der Waals surface area contributed by atoms with Gasteiger partial charge in [-0.2, -0.15) is 0 Å². The molecule has 0 aliphatic heterocycles. The van der Waals surface area contributed by atoms with Crippen LogP contribution in [-0.4, -0.2) is 56.7 Å². The maximum absolute atomic E-state index is 14.8. The molecule has 1 unspecified atom stereocenters.